The third-order valence-corrected chi connectivity index (χ3v) is 5.43. The van der Waals surface area contributed by atoms with Gasteiger partial charge >= 0.3 is 29.2 Å². The monoisotopic (exact) mass is 475 g/mol. The first-order valence-electron chi connectivity index (χ1n) is 8.62. The summed E-state index contributed by atoms with van der Waals surface area (Å²) in [5.41, 5.74) is 1.79. The first kappa shape index (κ1) is 21.7. The van der Waals surface area contributed by atoms with Crippen LogP contribution in [0.1, 0.15) is 23.6 Å². The summed E-state index contributed by atoms with van der Waals surface area (Å²) in [5, 5.41) is 16.0. The van der Waals surface area contributed by atoms with E-state index in [-0.39, 0.29) is 38.3 Å². The second-order valence-electron chi connectivity index (χ2n) is 6.40. The van der Waals surface area contributed by atoms with Gasteiger partial charge in [-0.3, -0.25) is 0 Å². The standard InChI is InChI=1S/C20H23NO4Si.Pd/c22-18-12-11-15-7-4-5-10-17(15)19(18)20(16-8-2-1-3-9-16)21-13-6-14-26(23,24)25;/h1-5,7-12,20-25H,6,13-14H2;/q;+2. The minimum Gasteiger partial charge on any atom is -0.508 e. The number of aromatic hydroxyl groups is 1. The van der Waals surface area contributed by atoms with Crippen molar-refractivity contribution in [3.8, 4) is 5.75 Å². The molecule has 0 bridgehead atoms. The van der Waals surface area contributed by atoms with Gasteiger partial charge in [-0.2, -0.15) is 0 Å². The zero-order chi connectivity index (χ0) is 18.6. The van der Waals surface area contributed by atoms with E-state index in [9.17, 15) is 19.5 Å². The molecule has 144 valence electrons. The van der Waals surface area contributed by atoms with Crippen molar-refractivity contribution < 1.29 is 39.9 Å². The fourth-order valence-corrected chi connectivity index (χ4v) is 3.84. The molecule has 0 aromatic heterocycles. The molecule has 1 unspecified atom stereocenters. The Kier molecular flexibility index (Phi) is 7.71. The summed E-state index contributed by atoms with van der Waals surface area (Å²) in [6.45, 7) is 0.471. The normalized spacial score (nSPS) is 12.6. The first-order valence-corrected chi connectivity index (χ1v) is 10.7. The van der Waals surface area contributed by atoms with E-state index < -0.39 is 8.80 Å². The molecule has 0 aliphatic heterocycles. The van der Waals surface area contributed by atoms with Gasteiger partial charge in [0, 0.05) is 11.6 Å². The van der Waals surface area contributed by atoms with Crippen LogP contribution in [-0.2, 0) is 20.4 Å². The van der Waals surface area contributed by atoms with E-state index in [1.54, 1.807) is 6.07 Å². The van der Waals surface area contributed by atoms with Crippen molar-refractivity contribution in [3.05, 3.63) is 77.9 Å². The van der Waals surface area contributed by atoms with Gasteiger partial charge in [-0.25, -0.2) is 0 Å². The van der Waals surface area contributed by atoms with Crippen molar-refractivity contribution >= 4 is 19.6 Å². The van der Waals surface area contributed by atoms with Gasteiger partial charge in [-0.05, 0) is 35.4 Å². The fourth-order valence-electron chi connectivity index (χ4n) is 3.19. The summed E-state index contributed by atoms with van der Waals surface area (Å²) in [7, 11) is -4.03. The summed E-state index contributed by atoms with van der Waals surface area (Å²) >= 11 is 0. The van der Waals surface area contributed by atoms with Crippen molar-refractivity contribution in [2.45, 2.75) is 18.5 Å². The molecule has 0 saturated heterocycles. The average molecular weight is 476 g/mol. The minimum atomic E-state index is -4.03. The third-order valence-electron chi connectivity index (χ3n) is 4.41. The number of benzene rings is 3. The van der Waals surface area contributed by atoms with E-state index in [4.69, 9.17) is 0 Å². The van der Waals surface area contributed by atoms with Crippen LogP contribution in [0.5, 0.6) is 5.75 Å². The Morgan fingerprint density at radius 1 is 0.852 bits per heavy atom. The molecule has 0 aliphatic carbocycles. The van der Waals surface area contributed by atoms with E-state index in [2.05, 4.69) is 5.32 Å². The quantitative estimate of drug-likeness (QED) is 0.267. The molecule has 7 heteroatoms. The van der Waals surface area contributed by atoms with Gasteiger partial charge in [0.15, 0.2) is 0 Å². The molecule has 0 saturated carbocycles. The van der Waals surface area contributed by atoms with Crippen molar-refractivity contribution in [3.63, 3.8) is 0 Å². The summed E-state index contributed by atoms with van der Waals surface area (Å²) < 4.78 is 0. The maximum atomic E-state index is 10.6. The second kappa shape index (κ2) is 9.58. The molecule has 3 aromatic rings. The predicted octanol–water partition coefficient (Wildman–Crippen LogP) is 2.53. The maximum absolute atomic E-state index is 10.6. The molecule has 0 amide bonds. The summed E-state index contributed by atoms with van der Waals surface area (Å²) in [6.07, 6.45) is 0.421. The van der Waals surface area contributed by atoms with Crippen LogP contribution in [0.25, 0.3) is 10.8 Å². The molecule has 0 heterocycles. The van der Waals surface area contributed by atoms with Gasteiger partial charge in [0.1, 0.15) is 5.75 Å². The van der Waals surface area contributed by atoms with Crippen molar-refractivity contribution in [1.82, 2.24) is 5.32 Å². The number of hydrogen-bond donors (Lipinski definition) is 5. The van der Waals surface area contributed by atoms with E-state index in [1.165, 1.54) is 0 Å². The number of fused-ring (bicyclic) bond motifs is 1. The summed E-state index contributed by atoms with van der Waals surface area (Å²) in [4.78, 5) is 27.6. The van der Waals surface area contributed by atoms with Crippen molar-refractivity contribution in [2.75, 3.05) is 6.54 Å². The first-order chi connectivity index (χ1) is 12.5. The van der Waals surface area contributed by atoms with Gasteiger partial charge in [0.05, 0.1) is 6.04 Å². The molecule has 3 aromatic carbocycles. The summed E-state index contributed by atoms with van der Waals surface area (Å²) in [6, 6.07) is 21.0. The smallest absolute Gasteiger partial charge is 0.508 e. The largest absolute Gasteiger partial charge is 2.00 e. The zero-order valence-corrected chi connectivity index (χ0v) is 17.2. The van der Waals surface area contributed by atoms with Crippen LogP contribution >= 0.6 is 0 Å². The Balaban J connectivity index is 0.00000261. The maximum Gasteiger partial charge on any atom is 2.00 e. The zero-order valence-electron chi connectivity index (χ0n) is 14.7. The SMILES string of the molecule is Oc1ccc2ccccc2c1C(NCCC[Si](O)(O)O)c1ccccc1.[Pd+2]. The van der Waals surface area contributed by atoms with E-state index in [0.29, 0.717) is 13.0 Å². The number of nitrogens with one attached hydrogen (secondary N) is 1. The van der Waals surface area contributed by atoms with Gasteiger partial charge in [0.25, 0.3) is 0 Å². The van der Waals surface area contributed by atoms with Gasteiger partial charge in [-0.1, -0.05) is 60.7 Å². The number of hydrogen-bond acceptors (Lipinski definition) is 5. The van der Waals surface area contributed by atoms with Gasteiger partial charge < -0.3 is 24.8 Å². The molecule has 0 aliphatic rings. The Bertz CT molecular complexity index is 871. The Morgan fingerprint density at radius 3 is 2.22 bits per heavy atom. The van der Waals surface area contributed by atoms with Crippen molar-refractivity contribution in [1.29, 1.82) is 0 Å². The fraction of sp³-hybridized carbons (Fsp3) is 0.200. The van der Waals surface area contributed by atoms with Crippen LogP contribution < -0.4 is 5.32 Å². The molecule has 0 spiro atoms. The number of phenols is 1. The summed E-state index contributed by atoms with van der Waals surface area (Å²) in [5.74, 6) is 0.209. The van der Waals surface area contributed by atoms with Crippen LogP contribution in [0.4, 0.5) is 0 Å². The topological polar surface area (TPSA) is 93.0 Å². The van der Waals surface area contributed by atoms with Gasteiger partial charge in [-0.15, -0.1) is 0 Å². The van der Waals surface area contributed by atoms with Crippen LogP contribution in [-0.4, -0.2) is 34.8 Å². The second-order valence-corrected chi connectivity index (χ2v) is 8.44. The van der Waals surface area contributed by atoms with Crippen LogP contribution in [0.15, 0.2) is 66.7 Å². The minimum absolute atomic E-state index is 0. The number of rotatable bonds is 7. The van der Waals surface area contributed by atoms with Crippen LogP contribution in [0, 0.1) is 0 Å². The number of phenolic OH excluding ortho intramolecular Hbond substituents is 1. The predicted molar refractivity (Wildman–Crippen MR) is 104 cm³/mol. The molecular formula is C20H23NO4PdSi+2. The van der Waals surface area contributed by atoms with Crippen LogP contribution in [0.3, 0.4) is 0 Å². The Labute approximate surface area is 173 Å². The molecule has 27 heavy (non-hydrogen) atoms. The molecule has 5 nitrogen and oxygen atoms in total. The van der Waals surface area contributed by atoms with Gasteiger partial charge in [0.2, 0.25) is 0 Å². The van der Waals surface area contributed by atoms with Crippen molar-refractivity contribution in [2.24, 2.45) is 0 Å². The molecule has 1 atom stereocenters. The average Bonchev–Trinajstić information content (AvgIpc) is 2.62. The van der Waals surface area contributed by atoms with Crippen LogP contribution in [0.2, 0.25) is 6.04 Å². The molecule has 0 fully saturated rings. The van der Waals surface area contributed by atoms with E-state index in [0.717, 1.165) is 21.9 Å². The van der Waals surface area contributed by atoms with E-state index >= 15 is 0 Å². The van der Waals surface area contributed by atoms with E-state index in [1.807, 2.05) is 60.7 Å². The molecule has 3 rings (SSSR count). The Morgan fingerprint density at radius 2 is 1.52 bits per heavy atom. The molecule has 5 N–H and O–H groups in total. The third kappa shape index (κ3) is 5.71. The molecule has 0 radical (unpaired) electrons. The molecular weight excluding hydrogens is 453 g/mol. The Hall–Kier alpha value is -1.56.